The van der Waals surface area contributed by atoms with Gasteiger partial charge in [-0.25, -0.2) is 0 Å². The summed E-state index contributed by atoms with van der Waals surface area (Å²) in [6, 6.07) is 11.4. The summed E-state index contributed by atoms with van der Waals surface area (Å²) in [6.07, 6.45) is 4.49. The Morgan fingerprint density at radius 1 is 1.18 bits per heavy atom. The second kappa shape index (κ2) is 10.5. The van der Waals surface area contributed by atoms with E-state index in [1.165, 1.54) is 17.3 Å². The molecule has 0 bridgehead atoms. The van der Waals surface area contributed by atoms with Gasteiger partial charge in [0.2, 0.25) is 0 Å². The summed E-state index contributed by atoms with van der Waals surface area (Å²) < 4.78 is 7.82. The zero-order chi connectivity index (χ0) is 18.5. The number of nitrogens with zero attached hydrogens (tertiary/aromatic N) is 4. The van der Waals surface area contributed by atoms with E-state index in [9.17, 15) is 0 Å². The summed E-state index contributed by atoms with van der Waals surface area (Å²) >= 11 is 0. The fraction of sp³-hybridized carbons (Fsp3) is 0.571. The van der Waals surface area contributed by atoms with E-state index in [-0.39, 0.29) is 24.0 Å². The third kappa shape index (κ3) is 4.99. The van der Waals surface area contributed by atoms with Crippen molar-refractivity contribution in [1.82, 2.24) is 19.7 Å². The number of guanidine groups is 1. The van der Waals surface area contributed by atoms with Crippen LogP contribution >= 0.6 is 24.0 Å². The minimum atomic E-state index is 0. The van der Waals surface area contributed by atoms with Crippen LogP contribution in [0.15, 0.2) is 41.5 Å². The average Bonchev–Trinajstić information content (AvgIpc) is 3.36. The summed E-state index contributed by atoms with van der Waals surface area (Å²) in [5.74, 6) is 1.04. The Balaban J connectivity index is 0.00000225. The van der Waals surface area contributed by atoms with Crippen LogP contribution in [-0.4, -0.2) is 79.4 Å². The number of aromatic nitrogens is 1. The normalized spacial score (nSPS) is 21.1. The monoisotopic (exact) mass is 497 g/mol. The molecular formula is C21H32IN5O. The maximum Gasteiger partial charge on any atom is 0.193 e. The lowest BCUT2D eigenvalue weighted by Gasteiger charge is -2.32. The van der Waals surface area contributed by atoms with E-state index >= 15 is 0 Å². The number of hydrogen-bond acceptors (Lipinski definition) is 3. The number of fused-ring (bicyclic) bond motifs is 1. The summed E-state index contributed by atoms with van der Waals surface area (Å²) in [5, 5.41) is 4.88. The number of morpholine rings is 1. The van der Waals surface area contributed by atoms with Crippen LogP contribution in [0.1, 0.15) is 12.8 Å². The highest BCUT2D eigenvalue weighted by atomic mass is 127. The van der Waals surface area contributed by atoms with Crippen molar-refractivity contribution in [3.05, 3.63) is 36.5 Å². The van der Waals surface area contributed by atoms with Crippen LogP contribution in [0.4, 0.5) is 0 Å². The number of likely N-dealkylation sites (tertiary alicyclic amines) is 1. The predicted molar refractivity (Wildman–Crippen MR) is 126 cm³/mol. The Labute approximate surface area is 184 Å². The average molecular weight is 497 g/mol. The summed E-state index contributed by atoms with van der Waals surface area (Å²) in [7, 11) is 1.89. The van der Waals surface area contributed by atoms with Crippen molar-refractivity contribution in [2.45, 2.75) is 25.4 Å². The SMILES string of the molecule is CN=C(NCCCn1ccc2ccccc21)N1CCC(N2CCOCC2)C1.I. The van der Waals surface area contributed by atoms with Gasteiger partial charge in [0.1, 0.15) is 0 Å². The van der Waals surface area contributed by atoms with Crippen molar-refractivity contribution in [2.24, 2.45) is 4.99 Å². The third-order valence-electron chi connectivity index (χ3n) is 5.78. The lowest BCUT2D eigenvalue weighted by atomic mass is 10.2. The molecule has 2 aliphatic rings. The molecule has 0 aliphatic carbocycles. The molecule has 1 atom stereocenters. The number of rotatable bonds is 5. The van der Waals surface area contributed by atoms with Crippen molar-refractivity contribution in [2.75, 3.05) is 53.0 Å². The molecular weight excluding hydrogens is 465 g/mol. The fourth-order valence-corrected chi connectivity index (χ4v) is 4.29. The van der Waals surface area contributed by atoms with Gasteiger partial charge in [-0.15, -0.1) is 24.0 Å². The van der Waals surface area contributed by atoms with Gasteiger partial charge in [0.05, 0.1) is 13.2 Å². The lowest BCUT2D eigenvalue weighted by molar-refractivity contribution is 0.0195. The van der Waals surface area contributed by atoms with Gasteiger partial charge in [-0.1, -0.05) is 18.2 Å². The predicted octanol–water partition coefficient (Wildman–Crippen LogP) is 2.63. The van der Waals surface area contributed by atoms with Crippen LogP contribution in [0, 0.1) is 0 Å². The highest BCUT2D eigenvalue weighted by Crippen LogP contribution is 2.17. The topological polar surface area (TPSA) is 45.0 Å². The third-order valence-corrected chi connectivity index (χ3v) is 5.78. The second-order valence-corrected chi connectivity index (χ2v) is 7.43. The van der Waals surface area contributed by atoms with Crippen LogP contribution in [0.2, 0.25) is 0 Å². The molecule has 7 heteroatoms. The fourth-order valence-electron chi connectivity index (χ4n) is 4.29. The maximum atomic E-state index is 5.48. The van der Waals surface area contributed by atoms with E-state index in [1.54, 1.807) is 0 Å². The van der Waals surface area contributed by atoms with Gasteiger partial charge in [0.25, 0.3) is 0 Å². The molecule has 1 N–H and O–H groups in total. The molecule has 4 rings (SSSR count). The van der Waals surface area contributed by atoms with Crippen molar-refractivity contribution in [3.8, 4) is 0 Å². The van der Waals surface area contributed by atoms with E-state index in [4.69, 9.17) is 4.74 Å². The standard InChI is InChI=1S/C21H31N5O.HI/c1-22-21(26-12-8-19(17-26)24-13-15-27-16-14-24)23-9-4-10-25-11-7-18-5-2-3-6-20(18)25;/h2-3,5-7,11,19H,4,8-10,12-17H2,1H3,(H,22,23);1H. The van der Waals surface area contributed by atoms with Crippen LogP contribution in [0.3, 0.4) is 0 Å². The molecule has 0 saturated carbocycles. The van der Waals surface area contributed by atoms with Gasteiger partial charge < -0.3 is 19.5 Å². The van der Waals surface area contributed by atoms with Crippen molar-refractivity contribution in [1.29, 1.82) is 0 Å². The van der Waals surface area contributed by atoms with Crippen molar-refractivity contribution >= 4 is 40.8 Å². The Morgan fingerprint density at radius 3 is 2.82 bits per heavy atom. The quantitative estimate of drug-likeness (QED) is 0.299. The minimum Gasteiger partial charge on any atom is -0.379 e. The van der Waals surface area contributed by atoms with E-state index in [0.717, 1.165) is 64.9 Å². The molecule has 2 saturated heterocycles. The molecule has 2 aliphatic heterocycles. The van der Waals surface area contributed by atoms with E-state index in [0.29, 0.717) is 6.04 Å². The number of para-hydroxylation sites is 1. The molecule has 0 amide bonds. The Morgan fingerprint density at radius 2 is 2.00 bits per heavy atom. The maximum absolute atomic E-state index is 5.48. The van der Waals surface area contributed by atoms with Crippen LogP contribution in [0.25, 0.3) is 10.9 Å². The number of aliphatic imine (C=N–C) groups is 1. The summed E-state index contributed by atoms with van der Waals surface area (Å²) in [6.45, 7) is 8.00. The molecule has 0 radical (unpaired) electrons. The molecule has 2 fully saturated rings. The molecule has 1 aromatic carbocycles. The zero-order valence-electron chi connectivity index (χ0n) is 16.7. The van der Waals surface area contributed by atoms with E-state index < -0.39 is 0 Å². The van der Waals surface area contributed by atoms with Gasteiger partial charge in [-0.05, 0) is 30.4 Å². The molecule has 28 heavy (non-hydrogen) atoms. The second-order valence-electron chi connectivity index (χ2n) is 7.43. The van der Waals surface area contributed by atoms with E-state index in [2.05, 4.69) is 61.2 Å². The van der Waals surface area contributed by atoms with Crippen LogP contribution < -0.4 is 5.32 Å². The lowest BCUT2D eigenvalue weighted by Crippen LogP contribution is -2.46. The zero-order valence-corrected chi connectivity index (χ0v) is 19.0. The van der Waals surface area contributed by atoms with Gasteiger partial charge in [-0.2, -0.15) is 0 Å². The Kier molecular flexibility index (Phi) is 7.99. The molecule has 6 nitrogen and oxygen atoms in total. The smallest absolute Gasteiger partial charge is 0.193 e. The molecule has 1 unspecified atom stereocenters. The molecule has 154 valence electrons. The first kappa shape index (κ1) is 21.4. The Hall–Kier alpha value is -1.32. The summed E-state index contributed by atoms with van der Waals surface area (Å²) in [4.78, 5) is 9.50. The number of ether oxygens (including phenoxy) is 1. The first-order valence-electron chi connectivity index (χ1n) is 10.2. The molecule has 0 spiro atoms. The highest BCUT2D eigenvalue weighted by Gasteiger charge is 2.30. The number of halogens is 1. The number of nitrogens with one attached hydrogen (secondary N) is 1. The molecule has 2 aromatic rings. The van der Waals surface area contributed by atoms with Gasteiger partial charge in [-0.3, -0.25) is 9.89 Å². The van der Waals surface area contributed by atoms with Crippen LogP contribution in [-0.2, 0) is 11.3 Å². The van der Waals surface area contributed by atoms with Gasteiger partial charge in [0.15, 0.2) is 5.96 Å². The van der Waals surface area contributed by atoms with E-state index in [1.807, 2.05) is 7.05 Å². The van der Waals surface area contributed by atoms with Crippen LogP contribution in [0.5, 0.6) is 0 Å². The first-order valence-corrected chi connectivity index (χ1v) is 10.2. The van der Waals surface area contributed by atoms with Crippen molar-refractivity contribution < 1.29 is 4.74 Å². The highest BCUT2D eigenvalue weighted by molar-refractivity contribution is 14.0. The van der Waals surface area contributed by atoms with Crippen molar-refractivity contribution in [3.63, 3.8) is 0 Å². The van der Waals surface area contributed by atoms with Gasteiger partial charge >= 0.3 is 0 Å². The number of hydrogen-bond donors (Lipinski definition) is 1. The Bertz CT molecular complexity index is 771. The first-order chi connectivity index (χ1) is 13.3. The largest absolute Gasteiger partial charge is 0.379 e. The minimum absolute atomic E-state index is 0. The molecule has 3 heterocycles. The number of benzene rings is 1. The number of aryl methyl sites for hydroxylation is 1. The summed E-state index contributed by atoms with van der Waals surface area (Å²) in [5.41, 5.74) is 1.31. The molecule has 1 aromatic heterocycles. The van der Waals surface area contributed by atoms with Gasteiger partial charge in [0, 0.05) is 64.1 Å².